The van der Waals surface area contributed by atoms with E-state index in [0.717, 1.165) is 0 Å². The van der Waals surface area contributed by atoms with E-state index in [-0.39, 0.29) is 29.2 Å². The molecule has 1 aliphatic heterocycles. The first-order valence-corrected chi connectivity index (χ1v) is 11.6. The fourth-order valence-electron chi connectivity index (χ4n) is 3.34. The molecule has 3 rings (SSSR count). The molecule has 29 heavy (non-hydrogen) atoms. The SMILES string of the molecule is CS(=O)(=O)N1CC[C@H](N(Cc2cc(F)c(Cl)cc2Cl)c2ccc(C#N)c(Cl)c2)C1. The molecule has 1 heterocycles. The zero-order valence-electron chi connectivity index (χ0n) is 15.4. The first-order valence-electron chi connectivity index (χ1n) is 8.65. The van der Waals surface area contributed by atoms with E-state index in [1.165, 1.54) is 22.7 Å². The number of anilines is 1. The summed E-state index contributed by atoms with van der Waals surface area (Å²) in [7, 11) is -3.33. The number of rotatable bonds is 5. The van der Waals surface area contributed by atoms with Gasteiger partial charge in [-0.05, 0) is 42.3 Å². The molecule has 2 aromatic rings. The van der Waals surface area contributed by atoms with Crippen LogP contribution in [0.2, 0.25) is 15.1 Å². The predicted octanol–water partition coefficient (Wildman–Crippen LogP) is 4.70. The van der Waals surface area contributed by atoms with Gasteiger partial charge in [-0.25, -0.2) is 17.1 Å². The molecule has 0 unspecified atom stereocenters. The fraction of sp³-hybridized carbons (Fsp3) is 0.316. The quantitative estimate of drug-likeness (QED) is 0.587. The highest BCUT2D eigenvalue weighted by atomic mass is 35.5. The van der Waals surface area contributed by atoms with Crippen molar-refractivity contribution in [2.45, 2.75) is 19.0 Å². The van der Waals surface area contributed by atoms with Crippen molar-refractivity contribution in [3.05, 3.63) is 62.3 Å². The van der Waals surface area contributed by atoms with Crippen molar-refractivity contribution < 1.29 is 12.8 Å². The van der Waals surface area contributed by atoms with Crippen molar-refractivity contribution in [1.82, 2.24) is 4.31 Å². The second-order valence-electron chi connectivity index (χ2n) is 6.83. The smallest absolute Gasteiger partial charge is 0.211 e. The fourth-order valence-corrected chi connectivity index (χ4v) is 4.88. The largest absolute Gasteiger partial charge is 0.363 e. The van der Waals surface area contributed by atoms with E-state index in [4.69, 9.17) is 40.1 Å². The molecule has 1 atom stereocenters. The minimum Gasteiger partial charge on any atom is -0.363 e. The third-order valence-corrected chi connectivity index (χ3v) is 7.09. The van der Waals surface area contributed by atoms with Gasteiger partial charge >= 0.3 is 0 Å². The monoisotopic (exact) mass is 475 g/mol. The van der Waals surface area contributed by atoms with Crippen LogP contribution >= 0.6 is 34.8 Å². The molecular formula is C19H17Cl3FN3O2S. The summed E-state index contributed by atoms with van der Waals surface area (Å²) in [6.45, 7) is 0.883. The van der Waals surface area contributed by atoms with Crippen molar-refractivity contribution in [2.75, 3.05) is 24.2 Å². The Morgan fingerprint density at radius 3 is 2.52 bits per heavy atom. The van der Waals surface area contributed by atoms with E-state index >= 15 is 0 Å². The highest BCUT2D eigenvalue weighted by Gasteiger charge is 2.33. The van der Waals surface area contributed by atoms with Gasteiger partial charge in [0, 0.05) is 36.4 Å². The molecule has 0 spiro atoms. The van der Waals surface area contributed by atoms with Gasteiger partial charge < -0.3 is 4.90 Å². The molecule has 0 aliphatic carbocycles. The zero-order valence-corrected chi connectivity index (χ0v) is 18.5. The van der Waals surface area contributed by atoms with Crippen LogP contribution in [-0.4, -0.2) is 38.1 Å². The lowest BCUT2D eigenvalue weighted by Crippen LogP contribution is -2.38. The first-order chi connectivity index (χ1) is 13.6. The summed E-state index contributed by atoms with van der Waals surface area (Å²) in [5.41, 5.74) is 1.52. The highest BCUT2D eigenvalue weighted by molar-refractivity contribution is 7.88. The summed E-state index contributed by atoms with van der Waals surface area (Å²) in [4.78, 5) is 1.92. The van der Waals surface area contributed by atoms with E-state index in [2.05, 4.69) is 0 Å². The number of sulfonamides is 1. The molecule has 0 amide bonds. The number of hydrogen-bond donors (Lipinski definition) is 0. The van der Waals surface area contributed by atoms with Crippen molar-refractivity contribution in [3.8, 4) is 6.07 Å². The normalized spacial score (nSPS) is 17.3. The molecule has 5 nitrogen and oxygen atoms in total. The maximum absolute atomic E-state index is 14.0. The van der Waals surface area contributed by atoms with Gasteiger partial charge in [0.2, 0.25) is 10.0 Å². The van der Waals surface area contributed by atoms with Crippen molar-refractivity contribution >= 4 is 50.5 Å². The molecule has 0 aromatic heterocycles. The highest BCUT2D eigenvalue weighted by Crippen LogP contribution is 2.32. The van der Waals surface area contributed by atoms with Crippen molar-refractivity contribution in [3.63, 3.8) is 0 Å². The summed E-state index contributed by atoms with van der Waals surface area (Å²) in [6, 6.07) is 9.41. The lowest BCUT2D eigenvalue weighted by molar-refractivity contribution is 0.473. The van der Waals surface area contributed by atoms with Crippen molar-refractivity contribution in [1.29, 1.82) is 5.26 Å². The van der Waals surface area contributed by atoms with E-state index < -0.39 is 15.8 Å². The minimum atomic E-state index is -3.33. The zero-order chi connectivity index (χ0) is 21.3. The predicted molar refractivity (Wildman–Crippen MR) is 114 cm³/mol. The summed E-state index contributed by atoms with van der Waals surface area (Å²) >= 11 is 18.3. The molecule has 1 fully saturated rings. The lowest BCUT2D eigenvalue weighted by atomic mass is 10.1. The maximum Gasteiger partial charge on any atom is 0.211 e. The van der Waals surface area contributed by atoms with E-state index in [1.54, 1.807) is 18.2 Å². The number of benzene rings is 2. The van der Waals surface area contributed by atoms with Gasteiger partial charge in [-0.1, -0.05) is 34.8 Å². The summed E-state index contributed by atoms with van der Waals surface area (Å²) in [5.74, 6) is -0.590. The second kappa shape index (κ2) is 8.66. The van der Waals surface area contributed by atoms with Crippen molar-refractivity contribution in [2.24, 2.45) is 0 Å². The average Bonchev–Trinajstić information content (AvgIpc) is 3.14. The Morgan fingerprint density at radius 1 is 1.21 bits per heavy atom. The van der Waals surface area contributed by atoms with E-state index in [0.29, 0.717) is 34.8 Å². The number of halogens is 4. The third-order valence-electron chi connectivity index (χ3n) is 4.87. The molecule has 2 aromatic carbocycles. The summed E-state index contributed by atoms with van der Waals surface area (Å²) in [6.07, 6.45) is 1.75. The van der Waals surface area contributed by atoms with E-state index in [9.17, 15) is 12.8 Å². The Bertz CT molecular complexity index is 1090. The molecular weight excluding hydrogens is 460 g/mol. The van der Waals surface area contributed by atoms with Gasteiger partial charge in [0.05, 0.1) is 21.9 Å². The Hall–Kier alpha value is -1.56. The average molecular weight is 477 g/mol. The van der Waals surface area contributed by atoms with Gasteiger partial charge in [0.25, 0.3) is 0 Å². The number of nitrogens with zero attached hydrogens (tertiary/aromatic N) is 3. The van der Waals surface area contributed by atoms with Gasteiger partial charge in [-0.15, -0.1) is 0 Å². The second-order valence-corrected chi connectivity index (χ2v) is 10.0. The molecule has 10 heteroatoms. The van der Waals surface area contributed by atoms with Crippen LogP contribution in [-0.2, 0) is 16.6 Å². The topological polar surface area (TPSA) is 64.4 Å². The molecule has 1 aliphatic rings. The molecule has 1 saturated heterocycles. The van der Waals surface area contributed by atoms with Gasteiger partial charge in [0.1, 0.15) is 11.9 Å². The van der Waals surface area contributed by atoms with Crippen LogP contribution in [0.1, 0.15) is 17.5 Å². The van der Waals surface area contributed by atoms with Crippen LogP contribution in [0.25, 0.3) is 0 Å². The van der Waals surface area contributed by atoms with Crippen LogP contribution in [0, 0.1) is 17.1 Å². The van der Waals surface area contributed by atoms with Crippen LogP contribution in [0.15, 0.2) is 30.3 Å². The molecule has 0 bridgehead atoms. The Morgan fingerprint density at radius 2 is 1.93 bits per heavy atom. The summed E-state index contributed by atoms with van der Waals surface area (Å²) < 4.78 is 39.3. The first kappa shape index (κ1) is 22.1. The Kier molecular flexibility index (Phi) is 6.61. The van der Waals surface area contributed by atoms with Crippen LogP contribution in [0.4, 0.5) is 10.1 Å². The minimum absolute atomic E-state index is 0.0733. The molecule has 0 radical (unpaired) electrons. The van der Waals surface area contributed by atoms with Crippen LogP contribution < -0.4 is 4.90 Å². The number of nitriles is 1. The van der Waals surface area contributed by atoms with E-state index in [1.807, 2.05) is 11.0 Å². The Labute approximate surface area is 184 Å². The maximum atomic E-state index is 14.0. The Balaban J connectivity index is 2.00. The van der Waals surface area contributed by atoms with Crippen LogP contribution in [0.5, 0.6) is 0 Å². The third kappa shape index (κ3) is 4.96. The molecule has 154 valence electrons. The molecule has 0 N–H and O–H groups in total. The van der Waals surface area contributed by atoms with Crippen LogP contribution in [0.3, 0.4) is 0 Å². The summed E-state index contributed by atoms with van der Waals surface area (Å²) in [5, 5.41) is 9.63. The number of hydrogen-bond acceptors (Lipinski definition) is 4. The van der Waals surface area contributed by atoms with Gasteiger partial charge in [-0.2, -0.15) is 5.26 Å². The molecule has 0 saturated carbocycles. The van der Waals surface area contributed by atoms with Gasteiger partial charge in [0.15, 0.2) is 0 Å². The van der Waals surface area contributed by atoms with Gasteiger partial charge in [-0.3, -0.25) is 0 Å². The lowest BCUT2D eigenvalue weighted by Gasteiger charge is -2.32. The standard InChI is InChI=1S/C19H17Cl3FN3O2S/c1-29(27,28)25-5-4-15(11-25)26(14-3-2-12(9-24)16(20)7-14)10-13-6-19(23)18(22)8-17(13)21/h2-3,6-8,15H,4-5,10-11H2,1H3/t15-/m0/s1.